The number of thioether (sulfide) groups is 1. The molecule has 0 saturated carbocycles. The van der Waals surface area contributed by atoms with Crippen LogP contribution in [0.3, 0.4) is 0 Å². The van der Waals surface area contributed by atoms with E-state index in [-0.39, 0.29) is 0 Å². The molecule has 3 N–H and O–H groups in total. The van der Waals surface area contributed by atoms with Crippen molar-refractivity contribution in [2.75, 3.05) is 5.32 Å². The number of nitrogens with one attached hydrogen (secondary N) is 1. The van der Waals surface area contributed by atoms with Crippen LogP contribution in [0.15, 0.2) is 29.2 Å². The number of anilines is 1. The maximum Gasteiger partial charge on any atom is 0.201 e. The van der Waals surface area contributed by atoms with Gasteiger partial charge in [0.1, 0.15) is 0 Å². The normalized spacial score (nSPS) is 23.3. The summed E-state index contributed by atoms with van der Waals surface area (Å²) in [6.07, 6.45) is 3.31. The lowest BCUT2D eigenvalue weighted by atomic mass is 10.2. The van der Waals surface area contributed by atoms with E-state index in [1.54, 1.807) is 11.8 Å². The van der Waals surface area contributed by atoms with Gasteiger partial charge in [0.2, 0.25) is 4.99 Å². The maximum absolute atomic E-state index is 6.52. The molecule has 2 aromatic rings. The minimum atomic E-state index is -0.758. The zero-order chi connectivity index (χ0) is 13.7. The van der Waals surface area contributed by atoms with E-state index in [1.165, 1.54) is 17.7 Å². The number of fused-ring (bicyclic) bond motifs is 2. The summed E-state index contributed by atoms with van der Waals surface area (Å²) in [5.41, 5.74) is 11.1. The van der Waals surface area contributed by atoms with Gasteiger partial charge in [-0.2, -0.15) is 0 Å². The van der Waals surface area contributed by atoms with Crippen molar-refractivity contribution >= 4 is 17.4 Å². The number of rotatable bonds is 1. The zero-order valence-corrected chi connectivity index (χ0v) is 12.1. The molecule has 0 spiro atoms. The van der Waals surface area contributed by atoms with Crippen LogP contribution < -0.4 is 11.1 Å². The topological polar surface area (TPSA) is 63.8 Å². The van der Waals surface area contributed by atoms with Gasteiger partial charge >= 0.3 is 0 Å². The fraction of sp³-hybridized carbons (Fsp3) is 0.333. The van der Waals surface area contributed by atoms with Crippen LogP contribution in [0.4, 0.5) is 5.69 Å². The van der Waals surface area contributed by atoms with Gasteiger partial charge in [0, 0.05) is 16.3 Å². The Labute approximate surface area is 122 Å². The first-order chi connectivity index (χ1) is 9.66. The highest BCUT2D eigenvalue weighted by Gasteiger charge is 2.39. The number of aryl methyl sites for hydroxylation is 2. The van der Waals surface area contributed by atoms with Crippen molar-refractivity contribution < 1.29 is 0 Å². The fourth-order valence-electron chi connectivity index (χ4n) is 2.95. The Hall–Kier alpha value is -1.59. The number of nitrogens with zero attached hydrogens (tertiary/aromatic N) is 2. The molecule has 2 aliphatic rings. The van der Waals surface area contributed by atoms with Gasteiger partial charge in [0.15, 0.2) is 5.82 Å². The monoisotopic (exact) mass is 284 g/mol. The molecule has 0 fully saturated rings. The SMILES string of the molecule is Cc1nc(C2(N)Nc3ccccc3S2)nc2c1CCC2. The highest BCUT2D eigenvalue weighted by atomic mass is 32.2. The molecule has 1 aromatic carbocycles. The molecule has 102 valence electrons. The second-order valence-electron chi connectivity index (χ2n) is 5.37. The first-order valence-corrected chi connectivity index (χ1v) is 7.69. The molecule has 1 unspecified atom stereocenters. The number of hydrogen-bond donors (Lipinski definition) is 2. The second-order valence-corrected chi connectivity index (χ2v) is 6.66. The molecule has 5 heteroatoms. The average Bonchev–Trinajstić information content (AvgIpc) is 3.02. The molecule has 0 saturated heterocycles. The molecule has 0 amide bonds. The number of benzene rings is 1. The van der Waals surface area contributed by atoms with Gasteiger partial charge in [-0.15, -0.1) is 0 Å². The van der Waals surface area contributed by atoms with Crippen LogP contribution >= 0.6 is 11.8 Å². The Morgan fingerprint density at radius 3 is 2.95 bits per heavy atom. The minimum absolute atomic E-state index is 0.692. The van der Waals surface area contributed by atoms with E-state index in [0.29, 0.717) is 5.82 Å². The summed E-state index contributed by atoms with van der Waals surface area (Å²) in [6, 6.07) is 8.14. The molecule has 20 heavy (non-hydrogen) atoms. The number of hydrogen-bond acceptors (Lipinski definition) is 5. The van der Waals surface area contributed by atoms with Gasteiger partial charge in [0.05, 0.1) is 5.69 Å². The first kappa shape index (κ1) is 12.2. The largest absolute Gasteiger partial charge is 0.351 e. The predicted molar refractivity (Wildman–Crippen MR) is 80.6 cm³/mol. The maximum atomic E-state index is 6.52. The summed E-state index contributed by atoms with van der Waals surface area (Å²) in [4.78, 5) is 9.79. The van der Waals surface area contributed by atoms with E-state index in [1.807, 2.05) is 18.2 Å². The Bertz CT molecular complexity index is 673. The lowest BCUT2D eigenvalue weighted by Crippen LogP contribution is -2.40. The highest BCUT2D eigenvalue weighted by molar-refractivity contribution is 8.00. The van der Waals surface area contributed by atoms with Crippen LogP contribution in [0.5, 0.6) is 0 Å². The molecule has 1 atom stereocenters. The first-order valence-electron chi connectivity index (χ1n) is 6.88. The standard InChI is InChI=1S/C15H16N4S/c1-9-10-5-4-7-11(10)18-14(17-9)15(16)19-12-6-2-3-8-13(12)20-15/h2-3,6,8,19H,4-5,7,16H2,1H3. The third-order valence-electron chi connectivity index (χ3n) is 3.95. The molecular weight excluding hydrogens is 268 g/mol. The van der Waals surface area contributed by atoms with Gasteiger partial charge in [-0.05, 0) is 43.9 Å². The van der Waals surface area contributed by atoms with E-state index in [4.69, 9.17) is 10.7 Å². The van der Waals surface area contributed by atoms with Gasteiger partial charge < -0.3 is 5.32 Å². The van der Waals surface area contributed by atoms with Crippen LogP contribution in [-0.2, 0) is 17.8 Å². The van der Waals surface area contributed by atoms with E-state index in [0.717, 1.165) is 29.1 Å². The van der Waals surface area contributed by atoms with Crippen LogP contribution in [-0.4, -0.2) is 9.97 Å². The van der Waals surface area contributed by atoms with Crippen LogP contribution in [0, 0.1) is 6.92 Å². The summed E-state index contributed by atoms with van der Waals surface area (Å²) in [6.45, 7) is 2.06. The molecule has 2 heterocycles. The van der Waals surface area contributed by atoms with Gasteiger partial charge in [0.25, 0.3) is 0 Å². The summed E-state index contributed by atoms with van der Waals surface area (Å²) in [7, 11) is 0. The summed E-state index contributed by atoms with van der Waals surface area (Å²) >= 11 is 1.59. The molecule has 4 nitrogen and oxygen atoms in total. The van der Waals surface area contributed by atoms with Crippen molar-refractivity contribution in [2.45, 2.75) is 36.1 Å². The van der Waals surface area contributed by atoms with Crippen molar-refractivity contribution in [2.24, 2.45) is 5.73 Å². The van der Waals surface area contributed by atoms with E-state index >= 15 is 0 Å². The Kier molecular flexibility index (Phi) is 2.56. The zero-order valence-electron chi connectivity index (χ0n) is 11.3. The molecule has 1 aliphatic heterocycles. The van der Waals surface area contributed by atoms with Crippen molar-refractivity contribution in [3.8, 4) is 0 Å². The van der Waals surface area contributed by atoms with E-state index in [2.05, 4.69) is 23.3 Å². The molecule has 0 bridgehead atoms. The van der Waals surface area contributed by atoms with Crippen molar-refractivity contribution in [1.82, 2.24) is 9.97 Å². The molecule has 0 radical (unpaired) electrons. The smallest absolute Gasteiger partial charge is 0.201 e. The predicted octanol–water partition coefficient (Wildman–Crippen LogP) is 2.56. The number of para-hydroxylation sites is 1. The quantitative estimate of drug-likeness (QED) is 0.842. The summed E-state index contributed by atoms with van der Waals surface area (Å²) in [5, 5.41) is 3.36. The van der Waals surface area contributed by atoms with Gasteiger partial charge in [-0.25, -0.2) is 9.97 Å². The summed E-state index contributed by atoms with van der Waals surface area (Å²) < 4.78 is 0. The Balaban J connectivity index is 1.78. The lowest BCUT2D eigenvalue weighted by molar-refractivity contribution is 0.684. The fourth-order valence-corrected chi connectivity index (χ4v) is 4.01. The summed E-state index contributed by atoms with van der Waals surface area (Å²) in [5.74, 6) is 0.692. The second kappa shape index (κ2) is 4.20. The van der Waals surface area contributed by atoms with Gasteiger partial charge in [-0.3, -0.25) is 5.73 Å². The number of nitrogens with two attached hydrogens (primary N) is 1. The van der Waals surface area contributed by atoms with Crippen molar-refractivity contribution in [3.63, 3.8) is 0 Å². The molecule has 1 aromatic heterocycles. The third-order valence-corrected chi connectivity index (χ3v) is 5.13. The van der Waals surface area contributed by atoms with Gasteiger partial charge in [-0.1, -0.05) is 23.9 Å². The molecular formula is C15H16N4S. The van der Waals surface area contributed by atoms with Crippen LogP contribution in [0.25, 0.3) is 0 Å². The van der Waals surface area contributed by atoms with Crippen molar-refractivity contribution in [3.05, 3.63) is 47.0 Å². The Morgan fingerprint density at radius 1 is 1.25 bits per heavy atom. The Morgan fingerprint density at radius 2 is 2.10 bits per heavy atom. The van der Waals surface area contributed by atoms with Crippen molar-refractivity contribution in [1.29, 1.82) is 0 Å². The minimum Gasteiger partial charge on any atom is -0.351 e. The molecule has 4 rings (SSSR count). The third kappa shape index (κ3) is 1.73. The number of aromatic nitrogens is 2. The van der Waals surface area contributed by atoms with Crippen LogP contribution in [0.1, 0.15) is 29.2 Å². The lowest BCUT2D eigenvalue weighted by Gasteiger charge is -2.23. The van der Waals surface area contributed by atoms with Crippen LogP contribution in [0.2, 0.25) is 0 Å². The highest BCUT2D eigenvalue weighted by Crippen LogP contribution is 2.46. The van der Waals surface area contributed by atoms with E-state index in [9.17, 15) is 0 Å². The van der Waals surface area contributed by atoms with E-state index < -0.39 is 4.99 Å². The average molecular weight is 284 g/mol. The molecule has 1 aliphatic carbocycles.